The predicted molar refractivity (Wildman–Crippen MR) is 89.4 cm³/mol. The number of carbonyl (C=O) groups is 1. The van der Waals surface area contributed by atoms with Gasteiger partial charge in [-0.05, 0) is 26.2 Å². The average Bonchev–Trinajstić information content (AvgIpc) is 2.97. The number of amides is 1. The number of hydrogen-bond acceptors (Lipinski definition) is 3. The normalized spacial score (nSPS) is 21.2. The molecule has 1 aliphatic heterocycles. The van der Waals surface area contributed by atoms with Crippen LogP contribution in [-0.2, 0) is 4.79 Å². The summed E-state index contributed by atoms with van der Waals surface area (Å²) < 4.78 is 0. The van der Waals surface area contributed by atoms with Gasteiger partial charge in [0.2, 0.25) is 5.91 Å². The Morgan fingerprint density at radius 2 is 2.09 bits per heavy atom. The van der Waals surface area contributed by atoms with Crippen molar-refractivity contribution in [2.75, 3.05) is 13.2 Å². The van der Waals surface area contributed by atoms with Crippen LogP contribution < -0.4 is 0 Å². The number of nitrogens with zero attached hydrogens (tertiary/aromatic N) is 1. The third-order valence-electron chi connectivity index (χ3n) is 3.89. The van der Waals surface area contributed by atoms with Gasteiger partial charge < -0.3 is 15.1 Å². The van der Waals surface area contributed by atoms with Crippen molar-refractivity contribution in [1.82, 2.24) is 4.90 Å². The molecule has 2 atom stereocenters. The highest BCUT2D eigenvalue weighted by Crippen LogP contribution is 2.16. The molecule has 0 radical (unpaired) electrons. The average molecular weight is 307 g/mol. The largest absolute Gasteiger partial charge is 0.394 e. The Kier molecular flexibility index (Phi) is 8.78. The Morgan fingerprint density at radius 3 is 2.77 bits per heavy atom. The molecule has 22 heavy (non-hydrogen) atoms. The van der Waals surface area contributed by atoms with Gasteiger partial charge in [0.05, 0.1) is 18.8 Å². The molecule has 1 amide bonds. The lowest BCUT2D eigenvalue weighted by molar-refractivity contribution is -0.127. The third kappa shape index (κ3) is 6.58. The summed E-state index contributed by atoms with van der Waals surface area (Å²) in [5.74, 6) is -0.0502. The van der Waals surface area contributed by atoms with E-state index in [-0.39, 0.29) is 18.6 Å². The minimum Gasteiger partial charge on any atom is -0.394 e. The van der Waals surface area contributed by atoms with E-state index in [0.29, 0.717) is 0 Å². The van der Waals surface area contributed by atoms with E-state index in [1.54, 1.807) is 17.1 Å². The van der Waals surface area contributed by atoms with Crippen LogP contribution in [0.2, 0.25) is 0 Å². The van der Waals surface area contributed by atoms with E-state index in [4.69, 9.17) is 0 Å². The summed E-state index contributed by atoms with van der Waals surface area (Å²) in [6.07, 6.45) is 13.1. The number of allylic oxidation sites excluding steroid dienone is 4. The Bertz CT molecular complexity index is 426. The highest BCUT2D eigenvalue weighted by atomic mass is 16.3. The fourth-order valence-electron chi connectivity index (χ4n) is 2.61. The lowest BCUT2D eigenvalue weighted by atomic mass is 10.1. The van der Waals surface area contributed by atoms with Crippen molar-refractivity contribution in [3.8, 4) is 0 Å². The van der Waals surface area contributed by atoms with Crippen molar-refractivity contribution in [2.45, 2.75) is 58.1 Å². The van der Waals surface area contributed by atoms with Gasteiger partial charge in [0.15, 0.2) is 0 Å². The molecule has 1 saturated heterocycles. The van der Waals surface area contributed by atoms with E-state index in [9.17, 15) is 15.0 Å². The number of aliphatic hydroxyl groups is 2. The van der Waals surface area contributed by atoms with Gasteiger partial charge >= 0.3 is 0 Å². The predicted octanol–water partition coefficient (Wildman–Crippen LogP) is 2.58. The molecule has 2 N–H and O–H groups in total. The first kappa shape index (κ1) is 18.7. The van der Waals surface area contributed by atoms with Gasteiger partial charge in [-0.15, -0.1) is 0 Å². The van der Waals surface area contributed by atoms with Crippen LogP contribution in [0.15, 0.2) is 36.0 Å². The fraction of sp³-hybridized carbons (Fsp3) is 0.611. The zero-order chi connectivity index (χ0) is 16.4. The molecule has 0 spiro atoms. The van der Waals surface area contributed by atoms with Crippen LogP contribution in [-0.4, -0.2) is 46.3 Å². The summed E-state index contributed by atoms with van der Waals surface area (Å²) in [6, 6.07) is -0.0310. The summed E-state index contributed by atoms with van der Waals surface area (Å²) >= 11 is 0. The molecule has 0 aromatic carbocycles. The van der Waals surface area contributed by atoms with Crippen LogP contribution in [0.5, 0.6) is 0 Å². The van der Waals surface area contributed by atoms with Gasteiger partial charge in [-0.3, -0.25) is 4.79 Å². The summed E-state index contributed by atoms with van der Waals surface area (Å²) in [5.41, 5.74) is 0.982. The van der Waals surface area contributed by atoms with E-state index in [2.05, 4.69) is 6.92 Å². The molecule has 1 aliphatic rings. The molecular weight excluding hydrogens is 278 g/mol. The van der Waals surface area contributed by atoms with Crippen molar-refractivity contribution >= 4 is 5.91 Å². The number of unbranched alkanes of at least 4 members (excludes halogenated alkanes) is 1. The summed E-state index contributed by atoms with van der Waals surface area (Å²) in [4.78, 5) is 13.7. The van der Waals surface area contributed by atoms with Crippen molar-refractivity contribution in [3.05, 3.63) is 36.0 Å². The standard InChI is InChI=1S/C18H29NO3/c1-3-4-10-17(21)13-15(2)8-5-6-11-18(22)19-12-7-9-16(19)14-20/h5-6,8,11,13,16-17,20-21H,3-4,7,9-10,12,14H2,1-2H3/b8-5+,11-6+,15-13+. The SMILES string of the molecule is CCCCC(O)/C=C(C)/C=C/C=C/C(=O)N1CCCC1CO. The first-order chi connectivity index (χ1) is 10.6. The van der Waals surface area contributed by atoms with Crippen LogP contribution in [0.3, 0.4) is 0 Å². The Hall–Kier alpha value is -1.39. The molecule has 0 aromatic rings. The first-order valence-electron chi connectivity index (χ1n) is 8.21. The number of hydrogen-bond donors (Lipinski definition) is 2. The molecule has 4 nitrogen and oxygen atoms in total. The van der Waals surface area contributed by atoms with Crippen LogP contribution in [0.25, 0.3) is 0 Å². The van der Waals surface area contributed by atoms with Gasteiger partial charge in [0.1, 0.15) is 0 Å². The second-order valence-electron chi connectivity index (χ2n) is 5.85. The van der Waals surface area contributed by atoms with E-state index in [1.165, 1.54) is 6.08 Å². The minimum atomic E-state index is -0.398. The first-order valence-corrected chi connectivity index (χ1v) is 8.21. The zero-order valence-corrected chi connectivity index (χ0v) is 13.7. The maximum Gasteiger partial charge on any atom is 0.246 e. The van der Waals surface area contributed by atoms with Crippen LogP contribution in [0.4, 0.5) is 0 Å². The van der Waals surface area contributed by atoms with Gasteiger partial charge in [0.25, 0.3) is 0 Å². The molecular formula is C18H29NO3. The van der Waals surface area contributed by atoms with Crippen molar-refractivity contribution in [2.24, 2.45) is 0 Å². The number of rotatable bonds is 8. The van der Waals surface area contributed by atoms with Crippen molar-refractivity contribution in [1.29, 1.82) is 0 Å². The lowest BCUT2D eigenvalue weighted by Crippen LogP contribution is -2.36. The van der Waals surface area contributed by atoms with Crippen molar-refractivity contribution < 1.29 is 15.0 Å². The quantitative estimate of drug-likeness (QED) is 0.535. The lowest BCUT2D eigenvalue weighted by Gasteiger charge is -2.21. The second kappa shape index (κ2) is 10.4. The summed E-state index contributed by atoms with van der Waals surface area (Å²) in [5, 5.41) is 19.0. The van der Waals surface area contributed by atoms with Gasteiger partial charge in [0, 0.05) is 12.6 Å². The van der Waals surface area contributed by atoms with Gasteiger partial charge in [-0.25, -0.2) is 0 Å². The summed E-state index contributed by atoms with van der Waals surface area (Å²) in [6.45, 7) is 4.80. The monoisotopic (exact) mass is 307 g/mol. The molecule has 1 heterocycles. The van der Waals surface area contributed by atoms with Gasteiger partial charge in [-0.1, -0.05) is 49.6 Å². The van der Waals surface area contributed by atoms with E-state index < -0.39 is 6.10 Å². The van der Waals surface area contributed by atoms with E-state index in [0.717, 1.165) is 44.2 Å². The fourth-order valence-corrected chi connectivity index (χ4v) is 2.61. The van der Waals surface area contributed by atoms with Crippen molar-refractivity contribution in [3.63, 3.8) is 0 Å². The summed E-state index contributed by atoms with van der Waals surface area (Å²) in [7, 11) is 0. The zero-order valence-electron chi connectivity index (χ0n) is 13.7. The van der Waals surface area contributed by atoms with E-state index >= 15 is 0 Å². The molecule has 124 valence electrons. The topological polar surface area (TPSA) is 60.8 Å². The molecule has 4 heteroatoms. The number of likely N-dealkylation sites (tertiary alicyclic amines) is 1. The van der Waals surface area contributed by atoms with Gasteiger partial charge in [-0.2, -0.15) is 0 Å². The number of aliphatic hydroxyl groups excluding tert-OH is 2. The molecule has 1 rings (SSSR count). The maximum atomic E-state index is 12.0. The highest BCUT2D eigenvalue weighted by Gasteiger charge is 2.26. The molecule has 0 saturated carbocycles. The Labute approximate surface area is 133 Å². The highest BCUT2D eigenvalue weighted by molar-refractivity contribution is 5.88. The van der Waals surface area contributed by atoms with Crippen LogP contribution in [0, 0.1) is 0 Å². The smallest absolute Gasteiger partial charge is 0.246 e. The third-order valence-corrected chi connectivity index (χ3v) is 3.89. The van der Waals surface area contributed by atoms with E-state index in [1.807, 2.05) is 19.1 Å². The second-order valence-corrected chi connectivity index (χ2v) is 5.85. The molecule has 0 aromatic heterocycles. The number of carbonyl (C=O) groups excluding carboxylic acids is 1. The molecule has 0 bridgehead atoms. The Balaban J connectivity index is 2.43. The maximum absolute atomic E-state index is 12.0. The van der Waals surface area contributed by atoms with Crippen LogP contribution >= 0.6 is 0 Å². The molecule has 0 aliphatic carbocycles. The minimum absolute atomic E-state index is 0.0310. The van der Waals surface area contributed by atoms with Crippen LogP contribution in [0.1, 0.15) is 46.0 Å². The molecule has 1 fully saturated rings. The Morgan fingerprint density at radius 1 is 1.36 bits per heavy atom. The molecule has 2 unspecified atom stereocenters.